The maximum absolute atomic E-state index is 11.8. The van der Waals surface area contributed by atoms with Crippen LogP contribution in [0.15, 0.2) is 30.3 Å². The zero-order chi connectivity index (χ0) is 25.9. The van der Waals surface area contributed by atoms with Gasteiger partial charge in [-0.2, -0.15) is 0 Å². The first-order valence-electron chi connectivity index (χ1n) is 15.2. The molecule has 0 atom stereocenters. The second-order valence-electron chi connectivity index (χ2n) is 10.5. The molecule has 0 aromatic heterocycles. The molecular weight excluding hydrogens is 448 g/mol. The minimum absolute atomic E-state index is 0.115. The number of unbranched alkanes of at least 4 members (excludes halogenated alkanes) is 21. The highest BCUT2D eigenvalue weighted by Gasteiger charge is 2.04. The SMILES string of the molecule is O=C(O)CCCCCCCCCCCCCCCCCCCCCCCCC(=O)Oc1ccccc1. The Morgan fingerprint density at radius 1 is 0.472 bits per heavy atom. The van der Waals surface area contributed by atoms with Crippen LogP contribution in [0.1, 0.15) is 154 Å². The molecule has 0 heterocycles. The van der Waals surface area contributed by atoms with E-state index < -0.39 is 5.97 Å². The summed E-state index contributed by atoms with van der Waals surface area (Å²) >= 11 is 0. The van der Waals surface area contributed by atoms with Gasteiger partial charge in [-0.25, -0.2) is 0 Å². The van der Waals surface area contributed by atoms with Crippen LogP contribution in [0.3, 0.4) is 0 Å². The summed E-state index contributed by atoms with van der Waals surface area (Å²) in [6, 6.07) is 9.33. The molecule has 36 heavy (non-hydrogen) atoms. The summed E-state index contributed by atoms with van der Waals surface area (Å²) in [5.74, 6) is -0.132. The number of hydrogen-bond donors (Lipinski definition) is 1. The molecule has 1 N–H and O–H groups in total. The largest absolute Gasteiger partial charge is 0.481 e. The van der Waals surface area contributed by atoms with Crippen molar-refractivity contribution in [2.45, 2.75) is 154 Å². The smallest absolute Gasteiger partial charge is 0.311 e. The topological polar surface area (TPSA) is 63.6 Å². The number of carboxylic acid groups (broad SMARTS) is 1. The number of carboxylic acids is 1. The number of para-hydroxylation sites is 1. The second kappa shape index (κ2) is 24.8. The lowest BCUT2D eigenvalue weighted by Gasteiger charge is -2.05. The van der Waals surface area contributed by atoms with Crippen LogP contribution >= 0.6 is 0 Å². The maximum Gasteiger partial charge on any atom is 0.311 e. The number of esters is 1. The second-order valence-corrected chi connectivity index (χ2v) is 10.5. The molecule has 1 aromatic rings. The van der Waals surface area contributed by atoms with Crippen molar-refractivity contribution in [2.75, 3.05) is 0 Å². The number of carbonyl (C=O) groups is 2. The molecule has 1 aromatic carbocycles. The van der Waals surface area contributed by atoms with Crippen molar-refractivity contribution in [1.82, 2.24) is 0 Å². The van der Waals surface area contributed by atoms with Crippen molar-refractivity contribution in [1.29, 1.82) is 0 Å². The summed E-state index contributed by atoms with van der Waals surface area (Å²) in [7, 11) is 0. The van der Waals surface area contributed by atoms with Crippen molar-refractivity contribution >= 4 is 11.9 Å². The summed E-state index contributed by atoms with van der Waals surface area (Å²) in [5, 5.41) is 8.61. The minimum Gasteiger partial charge on any atom is -0.481 e. The van der Waals surface area contributed by atoms with Crippen LogP contribution in [0, 0.1) is 0 Å². The van der Waals surface area contributed by atoms with E-state index in [9.17, 15) is 9.59 Å². The molecule has 1 rings (SSSR count). The molecule has 0 radical (unpaired) electrons. The summed E-state index contributed by atoms with van der Waals surface area (Å²) in [6.45, 7) is 0. The van der Waals surface area contributed by atoms with E-state index in [-0.39, 0.29) is 5.97 Å². The quantitative estimate of drug-likeness (QED) is 0.0777. The minimum atomic E-state index is -0.661. The zero-order valence-electron chi connectivity index (χ0n) is 23.0. The van der Waals surface area contributed by atoms with Crippen LogP contribution in [-0.4, -0.2) is 17.0 Å². The molecule has 0 saturated heterocycles. The number of carbonyl (C=O) groups excluding carboxylic acids is 1. The van der Waals surface area contributed by atoms with Crippen molar-refractivity contribution in [3.05, 3.63) is 30.3 Å². The first-order chi connectivity index (χ1) is 17.7. The Kier molecular flexibility index (Phi) is 22.2. The number of rotatable bonds is 26. The van der Waals surface area contributed by atoms with Gasteiger partial charge in [-0.05, 0) is 25.0 Å². The number of hydrogen-bond acceptors (Lipinski definition) is 3. The molecule has 0 aliphatic heterocycles. The van der Waals surface area contributed by atoms with Crippen molar-refractivity contribution in [2.24, 2.45) is 0 Å². The Balaban J connectivity index is 1.68. The molecular formula is C32H54O4. The van der Waals surface area contributed by atoms with Gasteiger partial charge in [0.1, 0.15) is 5.75 Å². The molecule has 0 spiro atoms. The maximum atomic E-state index is 11.8. The molecule has 0 aliphatic carbocycles. The zero-order valence-corrected chi connectivity index (χ0v) is 23.0. The lowest BCUT2D eigenvalue weighted by Crippen LogP contribution is -2.07. The van der Waals surface area contributed by atoms with Crippen LogP contribution in [-0.2, 0) is 9.59 Å². The van der Waals surface area contributed by atoms with Crippen molar-refractivity contribution < 1.29 is 19.4 Å². The van der Waals surface area contributed by atoms with Gasteiger partial charge in [0, 0.05) is 12.8 Å². The first kappa shape index (κ1) is 32.2. The Hall–Kier alpha value is -1.84. The standard InChI is InChI=1S/C32H54O4/c33-31(34)28-24-19-17-15-13-11-9-7-5-3-1-2-4-6-8-10-12-14-16-18-20-25-29-32(35)36-30-26-22-21-23-27-30/h21-23,26-27H,1-20,24-25,28-29H2,(H,33,34). The van der Waals surface area contributed by atoms with Gasteiger partial charge in [0.2, 0.25) is 0 Å². The van der Waals surface area contributed by atoms with E-state index in [0.29, 0.717) is 18.6 Å². The van der Waals surface area contributed by atoms with Crippen LogP contribution in [0.5, 0.6) is 5.75 Å². The van der Waals surface area contributed by atoms with E-state index in [4.69, 9.17) is 9.84 Å². The van der Waals surface area contributed by atoms with E-state index in [1.807, 2.05) is 30.3 Å². The molecule has 0 saturated carbocycles. The normalized spacial score (nSPS) is 11.0. The van der Waals surface area contributed by atoms with E-state index in [1.54, 1.807) is 0 Å². The Labute approximate surface area is 221 Å². The number of ether oxygens (including phenoxy) is 1. The highest BCUT2D eigenvalue weighted by molar-refractivity contribution is 5.72. The molecule has 4 heteroatoms. The molecule has 0 fully saturated rings. The third-order valence-electron chi connectivity index (χ3n) is 7.00. The third kappa shape index (κ3) is 22.6. The molecule has 0 unspecified atom stereocenters. The average molecular weight is 503 g/mol. The van der Waals surface area contributed by atoms with Gasteiger partial charge in [0.15, 0.2) is 0 Å². The lowest BCUT2D eigenvalue weighted by atomic mass is 10.0. The molecule has 0 bridgehead atoms. The Morgan fingerprint density at radius 3 is 1.11 bits per heavy atom. The van der Waals surface area contributed by atoms with E-state index in [1.165, 1.54) is 116 Å². The molecule has 4 nitrogen and oxygen atoms in total. The summed E-state index contributed by atoms with van der Waals surface area (Å²) in [5.41, 5.74) is 0. The third-order valence-corrected chi connectivity index (χ3v) is 7.00. The Morgan fingerprint density at radius 2 is 0.778 bits per heavy atom. The summed E-state index contributed by atoms with van der Waals surface area (Å²) < 4.78 is 5.32. The van der Waals surface area contributed by atoms with Gasteiger partial charge in [0.25, 0.3) is 0 Å². The van der Waals surface area contributed by atoms with Gasteiger partial charge in [-0.3, -0.25) is 9.59 Å². The predicted molar refractivity (Wildman–Crippen MR) is 151 cm³/mol. The van der Waals surface area contributed by atoms with Gasteiger partial charge >= 0.3 is 11.9 Å². The molecule has 0 aliphatic rings. The number of aliphatic carboxylic acids is 1. The van der Waals surface area contributed by atoms with Gasteiger partial charge in [-0.15, -0.1) is 0 Å². The highest BCUT2D eigenvalue weighted by atomic mass is 16.5. The average Bonchev–Trinajstić information content (AvgIpc) is 2.87. The fourth-order valence-corrected chi connectivity index (χ4v) is 4.75. The summed E-state index contributed by atoms with van der Waals surface area (Å²) in [4.78, 5) is 22.3. The van der Waals surface area contributed by atoms with Gasteiger partial charge < -0.3 is 9.84 Å². The predicted octanol–water partition coefficient (Wildman–Crippen LogP) is 10.0. The van der Waals surface area contributed by atoms with Crippen molar-refractivity contribution in [3.63, 3.8) is 0 Å². The van der Waals surface area contributed by atoms with Crippen molar-refractivity contribution in [3.8, 4) is 5.75 Å². The van der Waals surface area contributed by atoms with Crippen LogP contribution in [0.4, 0.5) is 0 Å². The van der Waals surface area contributed by atoms with Crippen LogP contribution in [0.25, 0.3) is 0 Å². The van der Waals surface area contributed by atoms with Gasteiger partial charge in [0.05, 0.1) is 0 Å². The van der Waals surface area contributed by atoms with E-state index in [0.717, 1.165) is 25.7 Å². The van der Waals surface area contributed by atoms with Gasteiger partial charge in [-0.1, -0.05) is 147 Å². The Bertz CT molecular complexity index is 628. The fourth-order valence-electron chi connectivity index (χ4n) is 4.75. The highest BCUT2D eigenvalue weighted by Crippen LogP contribution is 2.16. The number of benzene rings is 1. The monoisotopic (exact) mass is 502 g/mol. The lowest BCUT2D eigenvalue weighted by molar-refractivity contribution is -0.137. The fraction of sp³-hybridized carbons (Fsp3) is 0.750. The van der Waals surface area contributed by atoms with E-state index in [2.05, 4.69) is 0 Å². The molecule has 206 valence electrons. The van der Waals surface area contributed by atoms with E-state index >= 15 is 0 Å². The summed E-state index contributed by atoms with van der Waals surface area (Å²) in [6.07, 6.45) is 29.1. The van der Waals surface area contributed by atoms with Crippen LogP contribution in [0.2, 0.25) is 0 Å². The van der Waals surface area contributed by atoms with Crippen LogP contribution < -0.4 is 4.74 Å². The molecule has 0 amide bonds. The first-order valence-corrected chi connectivity index (χ1v) is 15.2.